The molecule has 3 rings (SSSR count). The molecule has 3 aromatic rings. The Morgan fingerprint density at radius 3 is 2.79 bits per heavy atom. The number of pyridine rings is 1. The number of fused-ring (bicyclic) bond motifs is 1. The number of rotatable bonds is 4. The third-order valence-corrected chi connectivity index (χ3v) is 3.25. The summed E-state index contributed by atoms with van der Waals surface area (Å²) in [6.45, 7) is 2.20. The van der Waals surface area contributed by atoms with Crippen LogP contribution in [0.1, 0.15) is 25.5 Å². The highest BCUT2D eigenvalue weighted by Crippen LogP contribution is 2.16. The molecule has 1 aromatic carbocycles. The molecular weight excluding hydrogens is 234 g/mol. The van der Waals surface area contributed by atoms with Gasteiger partial charge in [-0.15, -0.1) is 0 Å². The number of benzene rings is 1. The average Bonchev–Trinajstić information content (AvgIpc) is 2.89. The van der Waals surface area contributed by atoms with Crippen molar-refractivity contribution in [3.63, 3.8) is 0 Å². The predicted octanol–water partition coefficient (Wildman–Crippen LogP) is 3.76. The van der Waals surface area contributed by atoms with Crippen LogP contribution in [0.5, 0.6) is 0 Å². The summed E-state index contributed by atoms with van der Waals surface area (Å²) < 4.78 is 1.91. The lowest BCUT2D eigenvalue weighted by atomic mass is 10.2. The molecule has 0 atom stereocenters. The molecule has 3 nitrogen and oxygen atoms in total. The number of aromatic nitrogens is 3. The van der Waals surface area contributed by atoms with Crippen molar-refractivity contribution in [1.82, 2.24) is 14.8 Å². The highest BCUT2D eigenvalue weighted by molar-refractivity contribution is 5.77. The van der Waals surface area contributed by atoms with Crippen LogP contribution in [0.3, 0.4) is 0 Å². The largest absolute Gasteiger partial charge is 0.260 e. The monoisotopic (exact) mass is 251 g/mol. The van der Waals surface area contributed by atoms with Crippen LogP contribution in [0, 0.1) is 0 Å². The van der Waals surface area contributed by atoms with Gasteiger partial charge in [0.25, 0.3) is 0 Å². The Morgan fingerprint density at radius 2 is 2.00 bits per heavy atom. The molecule has 3 heteroatoms. The lowest BCUT2D eigenvalue weighted by Crippen LogP contribution is -1.93. The first-order chi connectivity index (χ1) is 9.36. The number of nitrogens with zero attached hydrogens (tertiary/aromatic N) is 3. The van der Waals surface area contributed by atoms with Crippen molar-refractivity contribution in [2.45, 2.75) is 26.2 Å². The van der Waals surface area contributed by atoms with Gasteiger partial charge in [0.1, 0.15) is 0 Å². The molecule has 0 radical (unpaired) electrons. The number of para-hydroxylation sites is 1. The minimum Gasteiger partial charge on any atom is -0.260 e. The van der Waals surface area contributed by atoms with E-state index in [1.54, 1.807) is 0 Å². The molecule has 0 aliphatic rings. The fourth-order valence-electron chi connectivity index (χ4n) is 2.17. The van der Waals surface area contributed by atoms with Gasteiger partial charge in [-0.25, -0.2) is 4.68 Å². The molecule has 0 fully saturated rings. The van der Waals surface area contributed by atoms with Crippen molar-refractivity contribution < 1.29 is 0 Å². The molecular formula is C16H17N3. The molecule has 2 heterocycles. The van der Waals surface area contributed by atoms with E-state index in [9.17, 15) is 0 Å². The highest BCUT2D eigenvalue weighted by atomic mass is 15.3. The van der Waals surface area contributed by atoms with E-state index in [4.69, 9.17) is 0 Å². The molecule has 2 aromatic heterocycles. The van der Waals surface area contributed by atoms with Gasteiger partial charge in [-0.05, 0) is 31.0 Å². The molecule has 0 amide bonds. The second kappa shape index (κ2) is 5.22. The zero-order valence-electron chi connectivity index (χ0n) is 11.1. The second-order valence-electron chi connectivity index (χ2n) is 4.75. The zero-order chi connectivity index (χ0) is 13.1. The maximum Gasteiger partial charge on any atom is 0.0961 e. The smallest absolute Gasteiger partial charge is 0.0961 e. The minimum absolute atomic E-state index is 1.02. The number of unbranched alkanes of at least 4 members (excludes halogenated alkanes) is 1. The van der Waals surface area contributed by atoms with Crippen molar-refractivity contribution in [2.75, 3.05) is 0 Å². The summed E-state index contributed by atoms with van der Waals surface area (Å²) in [5.74, 6) is 0. The van der Waals surface area contributed by atoms with E-state index in [-0.39, 0.29) is 0 Å². The molecule has 0 spiro atoms. The van der Waals surface area contributed by atoms with E-state index >= 15 is 0 Å². The van der Waals surface area contributed by atoms with Crippen molar-refractivity contribution in [3.05, 3.63) is 54.5 Å². The Labute approximate surface area is 112 Å². The van der Waals surface area contributed by atoms with Gasteiger partial charge in [0.15, 0.2) is 0 Å². The quantitative estimate of drug-likeness (QED) is 0.706. The standard InChI is InChI=1S/C16H17N3/c1-2-3-7-14-10-16-13(11-17-14)12-19(18-16)15-8-5-4-6-9-15/h4-6,8-12H,2-3,7H2,1H3. The summed E-state index contributed by atoms with van der Waals surface area (Å²) >= 11 is 0. The predicted molar refractivity (Wildman–Crippen MR) is 77.5 cm³/mol. The van der Waals surface area contributed by atoms with Crippen molar-refractivity contribution in [2.24, 2.45) is 0 Å². The van der Waals surface area contributed by atoms with E-state index in [0.717, 1.165) is 28.7 Å². The molecule has 96 valence electrons. The van der Waals surface area contributed by atoms with Crippen LogP contribution in [-0.4, -0.2) is 14.8 Å². The van der Waals surface area contributed by atoms with Crippen LogP contribution in [-0.2, 0) is 6.42 Å². The van der Waals surface area contributed by atoms with Gasteiger partial charge < -0.3 is 0 Å². The van der Waals surface area contributed by atoms with Crippen molar-refractivity contribution in [1.29, 1.82) is 0 Å². The summed E-state index contributed by atoms with van der Waals surface area (Å²) in [5, 5.41) is 5.72. The third kappa shape index (κ3) is 2.50. The molecule has 0 saturated heterocycles. The first-order valence-corrected chi connectivity index (χ1v) is 6.76. The summed E-state index contributed by atoms with van der Waals surface area (Å²) in [5.41, 5.74) is 3.23. The van der Waals surface area contributed by atoms with Crippen molar-refractivity contribution >= 4 is 10.9 Å². The normalized spacial score (nSPS) is 11.0. The molecule has 0 aliphatic carbocycles. The Kier molecular flexibility index (Phi) is 3.27. The Balaban J connectivity index is 1.97. The fourth-order valence-corrected chi connectivity index (χ4v) is 2.17. The summed E-state index contributed by atoms with van der Waals surface area (Å²) in [6, 6.07) is 12.3. The first kappa shape index (κ1) is 11.9. The topological polar surface area (TPSA) is 30.7 Å². The lowest BCUT2D eigenvalue weighted by Gasteiger charge is -1.98. The Morgan fingerprint density at radius 1 is 1.16 bits per heavy atom. The average molecular weight is 251 g/mol. The van der Waals surface area contributed by atoms with Crippen molar-refractivity contribution in [3.8, 4) is 5.69 Å². The minimum atomic E-state index is 1.02. The fraction of sp³-hybridized carbons (Fsp3) is 0.250. The van der Waals surface area contributed by atoms with E-state index in [2.05, 4.69) is 35.2 Å². The second-order valence-corrected chi connectivity index (χ2v) is 4.75. The maximum absolute atomic E-state index is 4.63. The zero-order valence-corrected chi connectivity index (χ0v) is 11.1. The van der Waals surface area contributed by atoms with Gasteiger partial charge in [-0.2, -0.15) is 5.10 Å². The molecule has 0 unspecified atom stereocenters. The van der Waals surface area contributed by atoms with Crippen LogP contribution < -0.4 is 0 Å². The third-order valence-electron chi connectivity index (χ3n) is 3.25. The van der Waals surface area contributed by atoms with E-state index in [1.165, 1.54) is 12.8 Å². The summed E-state index contributed by atoms with van der Waals surface area (Å²) in [7, 11) is 0. The van der Waals surface area contributed by atoms with Gasteiger partial charge in [-0.3, -0.25) is 4.98 Å². The first-order valence-electron chi connectivity index (χ1n) is 6.76. The Hall–Kier alpha value is -2.16. The number of hydrogen-bond acceptors (Lipinski definition) is 2. The van der Waals surface area contributed by atoms with E-state index in [1.807, 2.05) is 35.3 Å². The van der Waals surface area contributed by atoms with Gasteiger partial charge in [0.05, 0.1) is 11.2 Å². The lowest BCUT2D eigenvalue weighted by molar-refractivity contribution is 0.778. The van der Waals surface area contributed by atoms with Crippen LogP contribution in [0.25, 0.3) is 16.6 Å². The number of hydrogen-bond donors (Lipinski definition) is 0. The molecule has 0 saturated carbocycles. The molecule has 0 bridgehead atoms. The summed E-state index contributed by atoms with van der Waals surface area (Å²) in [6.07, 6.45) is 7.36. The van der Waals surface area contributed by atoms with Crippen LogP contribution in [0.15, 0.2) is 48.8 Å². The highest BCUT2D eigenvalue weighted by Gasteiger charge is 2.04. The van der Waals surface area contributed by atoms with Crippen LogP contribution in [0.4, 0.5) is 0 Å². The number of aryl methyl sites for hydroxylation is 1. The van der Waals surface area contributed by atoms with Gasteiger partial charge in [-0.1, -0.05) is 31.5 Å². The molecule has 19 heavy (non-hydrogen) atoms. The van der Waals surface area contributed by atoms with Gasteiger partial charge >= 0.3 is 0 Å². The van der Waals surface area contributed by atoms with Gasteiger partial charge in [0, 0.05) is 23.5 Å². The van der Waals surface area contributed by atoms with E-state index < -0.39 is 0 Å². The summed E-state index contributed by atoms with van der Waals surface area (Å²) in [4.78, 5) is 4.50. The van der Waals surface area contributed by atoms with Crippen LogP contribution >= 0.6 is 0 Å². The molecule has 0 aliphatic heterocycles. The van der Waals surface area contributed by atoms with E-state index in [0.29, 0.717) is 0 Å². The maximum atomic E-state index is 4.63. The SMILES string of the molecule is CCCCc1cc2nn(-c3ccccc3)cc2cn1. The van der Waals surface area contributed by atoms with Crippen LogP contribution in [0.2, 0.25) is 0 Å². The molecule has 0 N–H and O–H groups in total. The van der Waals surface area contributed by atoms with Gasteiger partial charge in [0.2, 0.25) is 0 Å². The Bertz CT molecular complexity index is 671.